The Morgan fingerprint density at radius 1 is 0.692 bits per heavy atom. The molecule has 2 fully saturated rings. The molecule has 0 aromatic rings. The monoisotopic (exact) mass is 202 g/mol. The van der Waals surface area contributed by atoms with Crippen LogP contribution in [0.2, 0.25) is 0 Å². The molecule has 2 rings (SSSR count). The van der Waals surface area contributed by atoms with Crippen molar-refractivity contribution >= 4 is 9.03 Å². The van der Waals surface area contributed by atoms with Crippen LogP contribution in [0.1, 0.15) is 51.4 Å². The molecule has 0 amide bonds. The lowest BCUT2D eigenvalue weighted by atomic mass is 10.3. The SMILES string of the molecule is C1CCC(OPOC2CCCC2)C1. The van der Waals surface area contributed by atoms with Gasteiger partial charge in [-0.25, -0.2) is 0 Å². The van der Waals surface area contributed by atoms with Crippen LogP contribution in [-0.2, 0) is 9.05 Å². The summed E-state index contributed by atoms with van der Waals surface area (Å²) in [6.45, 7) is 0. The van der Waals surface area contributed by atoms with E-state index in [-0.39, 0.29) is 0 Å². The third-order valence-corrected chi connectivity index (χ3v) is 3.89. The topological polar surface area (TPSA) is 18.5 Å². The van der Waals surface area contributed by atoms with Gasteiger partial charge >= 0.3 is 0 Å². The molecule has 0 aromatic heterocycles. The lowest BCUT2D eigenvalue weighted by Crippen LogP contribution is -2.05. The molecule has 0 aromatic carbocycles. The van der Waals surface area contributed by atoms with E-state index in [0.29, 0.717) is 21.2 Å². The fourth-order valence-electron chi connectivity index (χ4n) is 2.18. The second-order valence-corrected chi connectivity index (χ2v) is 4.77. The molecule has 0 heterocycles. The molecular formula is C10H19O2P. The molecule has 2 aliphatic rings. The van der Waals surface area contributed by atoms with Crippen molar-refractivity contribution in [3.05, 3.63) is 0 Å². The first kappa shape index (κ1) is 9.89. The van der Waals surface area contributed by atoms with Crippen LogP contribution in [0.15, 0.2) is 0 Å². The van der Waals surface area contributed by atoms with Crippen molar-refractivity contribution in [2.24, 2.45) is 0 Å². The molecule has 2 aliphatic carbocycles. The first-order chi connectivity index (χ1) is 6.45. The first-order valence-electron chi connectivity index (χ1n) is 5.51. The summed E-state index contributed by atoms with van der Waals surface area (Å²) in [6.07, 6.45) is 11.4. The second kappa shape index (κ2) is 5.29. The fourth-order valence-corrected chi connectivity index (χ4v) is 2.98. The Labute approximate surface area is 82.3 Å². The van der Waals surface area contributed by atoms with E-state index in [0.717, 1.165) is 0 Å². The van der Waals surface area contributed by atoms with Crippen LogP contribution >= 0.6 is 9.03 Å². The zero-order valence-corrected chi connectivity index (χ0v) is 9.13. The lowest BCUT2D eigenvalue weighted by Gasteiger charge is -2.13. The van der Waals surface area contributed by atoms with Gasteiger partial charge in [0.2, 0.25) is 0 Å². The molecule has 0 saturated heterocycles. The Bertz CT molecular complexity index is 124. The standard InChI is InChI=1S/C10H19O2P/c1-2-6-9(5-1)11-13-12-10-7-3-4-8-10/h9-10,13H,1-8H2. The summed E-state index contributed by atoms with van der Waals surface area (Å²) >= 11 is 0. The van der Waals surface area contributed by atoms with Gasteiger partial charge in [0.15, 0.2) is 9.03 Å². The maximum absolute atomic E-state index is 5.67. The highest BCUT2D eigenvalue weighted by Crippen LogP contribution is 2.32. The number of hydrogen-bond acceptors (Lipinski definition) is 2. The molecule has 0 N–H and O–H groups in total. The molecule has 0 atom stereocenters. The van der Waals surface area contributed by atoms with Crippen LogP contribution in [0, 0.1) is 0 Å². The molecular weight excluding hydrogens is 183 g/mol. The van der Waals surface area contributed by atoms with Crippen molar-refractivity contribution in [2.45, 2.75) is 63.6 Å². The van der Waals surface area contributed by atoms with Crippen molar-refractivity contribution in [1.29, 1.82) is 0 Å². The van der Waals surface area contributed by atoms with Gasteiger partial charge in [-0.3, -0.25) is 0 Å². The molecule has 0 spiro atoms. The Balaban J connectivity index is 1.52. The molecule has 13 heavy (non-hydrogen) atoms. The molecule has 0 unspecified atom stereocenters. The van der Waals surface area contributed by atoms with Crippen molar-refractivity contribution in [2.75, 3.05) is 0 Å². The minimum atomic E-state index is 0.300. The molecule has 2 nitrogen and oxygen atoms in total. The van der Waals surface area contributed by atoms with Crippen LogP contribution in [0.5, 0.6) is 0 Å². The van der Waals surface area contributed by atoms with E-state index in [9.17, 15) is 0 Å². The molecule has 2 saturated carbocycles. The Kier molecular flexibility index (Phi) is 4.02. The van der Waals surface area contributed by atoms with Crippen molar-refractivity contribution in [1.82, 2.24) is 0 Å². The predicted molar refractivity (Wildman–Crippen MR) is 55.0 cm³/mol. The molecule has 0 aliphatic heterocycles. The smallest absolute Gasteiger partial charge is 0.155 e. The van der Waals surface area contributed by atoms with Crippen molar-refractivity contribution in [3.63, 3.8) is 0 Å². The van der Waals surface area contributed by atoms with E-state index in [1.54, 1.807) is 0 Å². The van der Waals surface area contributed by atoms with E-state index >= 15 is 0 Å². The quantitative estimate of drug-likeness (QED) is 0.650. The summed E-state index contributed by atoms with van der Waals surface area (Å²) in [5.41, 5.74) is 0. The van der Waals surface area contributed by atoms with Gasteiger partial charge in [-0.05, 0) is 25.7 Å². The van der Waals surface area contributed by atoms with E-state index in [4.69, 9.17) is 9.05 Å². The molecule has 76 valence electrons. The molecule has 3 heteroatoms. The van der Waals surface area contributed by atoms with Crippen LogP contribution in [0.4, 0.5) is 0 Å². The summed E-state index contributed by atoms with van der Waals surface area (Å²) < 4.78 is 11.3. The summed E-state index contributed by atoms with van der Waals surface area (Å²) in [6, 6.07) is 0. The third-order valence-electron chi connectivity index (χ3n) is 3.03. The van der Waals surface area contributed by atoms with Gasteiger partial charge in [-0.2, -0.15) is 0 Å². The van der Waals surface area contributed by atoms with Crippen LogP contribution < -0.4 is 0 Å². The maximum atomic E-state index is 5.67. The summed E-state index contributed by atoms with van der Waals surface area (Å²) in [4.78, 5) is 0. The molecule has 0 bridgehead atoms. The number of hydrogen-bond donors (Lipinski definition) is 0. The Morgan fingerprint density at radius 2 is 1.08 bits per heavy atom. The summed E-state index contributed by atoms with van der Waals surface area (Å²) in [5, 5.41) is 0. The normalized spacial score (nSPS) is 25.8. The van der Waals surface area contributed by atoms with Crippen molar-refractivity contribution < 1.29 is 9.05 Å². The third kappa shape index (κ3) is 3.19. The number of rotatable bonds is 4. The minimum absolute atomic E-state index is 0.300. The van der Waals surface area contributed by atoms with Gasteiger partial charge in [0.1, 0.15) is 0 Å². The van der Waals surface area contributed by atoms with Gasteiger partial charge in [0.05, 0.1) is 12.2 Å². The zero-order chi connectivity index (χ0) is 8.93. The van der Waals surface area contributed by atoms with Crippen LogP contribution in [0.25, 0.3) is 0 Å². The van der Waals surface area contributed by atoms with Crippen molar-refractivity contribution in [3.8, 4) is 0 Å². The lowest BCUT2D eigenvalue weighted by molar-refractivity contribution is 0.162. The summed E-state index contributed by atoms with van der Waals surface area (Å²) in [7, 11) is 0.300. The Hall–Kier alpha value is 0.350. The zero-order valence-electron chi connectivity index (χ0n) is 8.13. The second-order valence-electron chi connectivity index (χ2n) is 4.13. The summed E-state index contributed by atoms with van der Waals surface area (Å²) in [5.74, 6) is 0. The maximum Gasteiger partial charge on any atom is 0.155 e. The van der Waals surface area contributed by atoms with Crippen LogP contribution in [-0.4, -0.2) is 12.2 Å². The Morgan fingerprint density at radius 3 is 1.46 bits per heavy atom. The fraction of sp³-hybridized carbons (Fsp3) is 1.00. The van der Waals surface area contributed by atoms with Gasteiger partial charge in [0, 0.05) is 0 Å². The average molecular weight is 202 g/mol. The highest BCUT2D eigenvalue weighted by Gasteiger charge is 2.18. The first-order valence-corrected chi connectivity index (χ1v) is 6.33. The minimum Gasteiger partial charge on any atom is -0.333 e. The van der Waals surface area contributed by atoms with Gasteiger partial charge < -0.3 is 9.05 Å². The van der Waals surface area contributed by atoms with E-state index in [1.807, 2.05) is 0 Å². The average Bonchev–Trinajstić information content (AvgIpc) is 2.75. The van der Waals surface area contributed by atoms with Crippen LogP contribution in [0.3, 0.4) is 0 Å². The van der Waals surface area contributed by atoms with E-state index in [2.05, 4.69) is 0 Å². The van der Waals surface area contributed by atoms with E-state index in [1.165, 1.54) is 51.4 Å². The largest absolute Gasteiger partial charge is 0.333 e. The predicted octanol–water partition coefficient (Wildman–Crippen LogP) is 3.41. The van der Waals surface area contributed by atoms with Gasteiger partial charge in [0.25, 0.3) is 0 Å². The highest BCUT2D eigenvalue weighted by molar-refractivity contribution is 7.26. The van der Waals surface area contributed by atoms with Gasteiger partial charge in [-0.15, -0.1) is 0 Å². The highest BCUT2D eigenvalue weighted by atomic mass is 31.1. The van der Waals surface area contributed by atoms with Gasteiger partial charge in [-0.1, -0.05) is 25.7 Å². The molecule has 0 radical (unpaired) electrons. The van der Waals surface area contributed by atoms with E-state index < -0.39 is 0 Å².